The largest absolute Gasteiger partial charge is 0.369 e. The summed E-state index contributed by atoms with van der Waals surface area (Å²) >= 11 is 1.74. The van der Waals surface area contributed by atoms with Gasteiger partial charge in [-0.15, -0.1) is 0 Å². The zero-order chi connectivity index (χ0) is 12.2. The number of benzene rings is 1. The maximum atomic E-state index is 4.42. The minimum Gasteiger partial charge on any atom is -0.369 e. The molecular formula is C15H14N2S. The minimum atomic E-state index is 0.914. The molecule has 0 aliphatic heterocycles. The van der Waals surface area contributed by atoms with E-state index in [4.69, 9.17) is 0 Å². The van der Waals surface area contributed by atoms with Crippen LogP contribution >= 0.6 is 11.3 Å². The first-order valence-electron chi connectivity index (χ1n) is 6.02. The van der Waals surface area contributed by atoms with Gasteiger partial charge in [-0.1, -0.05) is 24.3 Å². The number of fused-ring (bicyclic) bond motifs is 1. The van der Waals surface area contributed by atoms with Crippen LogP contribution in [0.1, 0.15) is 5.56 Å². The molecule has 3 aromatic rings. The van der Waals surface area contributed by atoms with Gasteiger partial charge < -0.3 is 5.32 Å². The third-order valence-corrected chi connectivity index (χ3v) is 3.69. The highest BCUT2D eigenvalue weighted by Crippen LogP contribution is 2.20. The number of hydrogen-bond acceptors (Lipinski definition) is 3. The fourth-order valence-electron chi connectivity index (χ4n) is 2.02. The average Bonchev–Trinajstić information content (AvgIpc) is 2.92. The Balaban J connectivity index is 1.74. The second kappa shape index (κ2) is 5.19. The first-order valence-corrected chi connectivity index (χ1v) is 6.96. The monoisotopic (exact) mass is 254 g/mol. The van der Waals surface area contributed by atoms with Gasteiger partial charge in [-0.3, -0.25) is 0 Å². The Morgan fingerprint density at radius 2 is 2.06 bits per heavy atom. The Labute approximate surface area is 110 Å². The molecule has 0 aliphatic carbocycles. The lowest BCUT2D eigenvalue weighted by Gasteiger charge is -2.07. The number of rotatable bonds is 4. The summed E-state index contributed by atoms with van der Waals surface area (Å²) in [5.74, 6) is 0.975. The van der Waals surface area contributed by atoms with Crippen LogP contribution in [0.5, 0.6) is 0 Å². The summed E-state index contributed by atoms with van der Waals surface area (Å²) < 4.78 is 0. The first-order chi connectivity index (χ1) is 8.93. The van der Waals surface area contributed by atoms with Crippen molar-refractivity contribution in [3.05, 3.63) is 58.9 Å². The van der Waals surface area contributed by atoms with E-state index < -0.39 is 0 Å². The van der Waals surface area contributed by atoms with Crippen LogP contribution in [0.15, 0.2) is 53.4 Å². The highest BCUT2D eigenvalue weighted by Gasteiger charge is 2.00. The van der Waals surface area contributed by atoms with Crippen molar-refractivity contribution in [1.29, 1.82) is 0 Å². The molecule has 1 N–H and O–H groups in total. The molecule has 90 valence electrons. The van der Waals surface area contributed by atoms with Crippen LogP contribution < -0.4 is 5.32 Å². The molecule has 1 aromatic carbocycles. The number of thiophene rings is 1. The molecule has 0 saturated carbocycles. The molecule has 3 heteroatoms. The summed E-state index contributed by atoms with van der Waals surface area (Å²) in [5.41, 5.74) is 1.38. The summed E-state index contributed by atoms with van der Waals surface area (Å²) in [6, 6.07) is 12.5. The molecule has 0 fully saturated rings. The van der Waals surface area contributed by atoms with Crippen molar-refractivity contribution in [2.24, 2.45) is 0 Å². The van der Waals surface area contributed by atoms with Crippen LogP contribution in [0.4, 0.5) is 5.82 Å². The van der Waals surface area contributed by atoms with Crippen molar-refractivity contribution in [3.8, 4) is 0 Å². The summed E-state index contributed by atoms with van der Waals surface area (Å²) in [7, 11) is 0. The van der Waals surface area contributed by atoms with Crippen molar-refractivity contribution < 1.29 is 0 Å². The highest BCUT2D eigenvalue weighted by molar-refractivity contribution is 7.07. The molecule has 0 amide bonds. The molecule has 2 nitrogen and oxygen atoms in total. The van der Waals surface area contributed by atoms with E-state index in [0.29, 0.717) is 0 Å². The molecule has 0 spiro atoms. The topological polar surface area (TPSA) is 24.9 Å². The molecule has 2 heterocycles. The molecule has 0 aliphatic rings. The number of pyridine rings is 1. The third-order valence-electron chi connectivity index (χ3n) is 2.96. The normalized spacial score (nSPS) is 10.7. The molecule has 0 atom stereocenters. The van der Waals surface area contributed by atoms with Gasteiger partial charge in [0.1, 0.15) is 5.82 Å². The Kier molecular flexibility index (Phi) is 3.24. The Morgan fingerprint density at radius 1 is 1.11 bits per heavy atom. The van der Waals surface area contributed by atoms with Crippen molar-refractivity contribution in [2.45, 2.75) is 6.42 Å². The molecular weight excluding hydrogens is 240 g/mol. The zero-order valence-electron chi connectivity index (χ0n) is 9.97. The number of aromatic nitrogens is 1. The van der Waals surface area contributed by atoms with Gasteiger partial charge in [0.05, 0.1) is 0 Å². The van der Waals surface area contributed by atoms with E-state index in [1.165, 1.54) is 16.3 Å². The van der Waals surface area contributed by atoms with E-state index in [0.717, 1.165) is 18.8 Å². The van der Waals surface area contributed by atoms with E-state index in [1.807, 2.05) is 18.3 Å². The molecule has 2 aromatic heterocycles. The second-order valence-electron chi connectivity index (χ2n) is 4.19. The predicted molar refractivity (Wildman–Crippen MR) is 78.3 cm³/mol. The standard InChI is InChI=1S/C15H14N2S/c1-2-4-14-13(3-1)6-9-17-15(14)16-8-5-12-7-10-18-11-12/h1-4,6-7,9-11H,5,8H2,(H,16,17). The van der Waals surface area contributed by atoms with Crippen molar-refractivity contribution >= 4 is 27.9 Å². The maximum Gasteiger partial charge on any atom is 0.133 e. The molecule has 0 saturated heterocycles. The van der Waals surface area contributed by atoms with Gasteiger partial charge in [-0.25, -0.2) is 4.98 Å². The van der Waals surface area contributed by atoms with Crippen LogP contribution in [0, 0.1) is 0 Å². The summed E-state index contributed by atoms with van der Waals surface area (Å²) in [6.07, 6.45) is 2.89. The van der Waals surface area contributed by atoms with E-state index in [1.54, 1.807) is 11.3 Å². The van der Waals surface area contributed by atoms with Crippen LogP contribution in [-0.2, 0) is 6.42 Å². The van der Waals surface area contributed by atoms with E-state index in [-0.39, 0.29) is 0 Å². The summed E-state index contributed by atoms with van der Waals surface area (Å²) in [4.78, 5) is 4.42. The van der Waals surface area contributed by atoms with Gasteiger partial charge in [-0.2, -0.15) is 11.3 Å². The van der Waals surface area contributed by atoms with Crippen molar-refractivity contribution in [1.82, 2.24) is 4.98 Å². The van der Waals surface area contributed by atoms with E-state index in [9.17, 15) is 0 Å². The zero-order valence-corrected chi connectivity index (χ0v) is 10.8. The Bertz CT molecular complexity index is 627. The summed E-state index contributed by atoms with van der Waals surface area (Å²) in [6.45, 7) is 0.914. The maximum absolute atomic E-state index is 4.42. The SMILES string of the molecule is c1ccc2c(NCCc3ccsc3)nccc2c1. The average molecular weight is 254 g/mol. The lowest BCUT2D eigenvalue weighted by atomic mass is 10.1. The Morgan fingerprint density at radius 3 is 2.94 bits per heavy atom. The van der Waals surface area contributed by atoms with Crippen molar-refractivity contribution in [3.63, 3.8) is 0 Å². The number of nitrogens with one attached hydrogen (secondary N) is 1. The molecule has 18 heavy (non-hydrogen) atoms. The number of anilines is 1. The van der Waals surface area contributed by atoms with Crippen LogP contribution in [-0.4, -0.2) is 11.5 Å². The lowest BCUT2D eigenvalue weighted by molar-refractivity contribution is 1.02. The second-order valence-corrected chi connectivity index (χ2v) is 4.97. The van der Waals surface area contributed by atoms with Crippen molar-refractivity contribution in [2.75, 3.05) is 11.9 Å². The minimum absolute atomic E-state index is 0.914. The molecule has 0 radical (unpaired) electrons. The smallest absolute Gasteiger partial charge is 0.133 e. The highest BCUT2D eigenvalue weighted by atomic mass is 32.1. The van der Waals surface area contributed by atoms with Crippen LogP contribution in [0.3, 0.4) is 0 Å². The van der Waals surface area contributed by atoms with Gasteiger partial charge in [0, 0.05) is 18.1 Å². The fourth-order valence-corrected chi connectivity index (χ4v) is 2.72. The van der Waals surface area contributed by atoms with Gasteiger partial charge in [-0.05, 0) is 40.3 Å². The van der Waals surface area contributed by atoms with E-state index >= 15 is 0 Å². The number of hydrogen-bond donors (Lipinski definition) is 1. The third kappa shape index (κ3) is 2.36. The van der Waals surface area contributed by atoms with Gasteiger partial charge in [0.2, 0.25) is 0 Å². The van der Waals surface area contributed by atoms with Crippen LogP contribution in [0.2, 0.25) is 0 Å². The van der Waals surface area contributed by atoms with Gasteiger partial charge >= 0.3 is 0 Å². The van der Waals surface area contributed by atoms with Gasteiger partial charge in [0.25, 0.3) is 0 Å². The predicted octanol–water partition coefficient (Wildman–Crippen LogP) is 3.95. The quantitative estimate of drug-likeness (QED) is 0.762. The molecule has 0 bridgehead atoms. The van der Waals surface area contributed by atoms with E-state index in [2.05, 4.69) is 45.3 Å². The van der Waals surface area contributed by atoms with Crippen LogP contribution in [0.25, 0.3) is 10.8 Å². The first kappa shape index (κ1) is 11.2. The Hall–Kier alpha value is -1.87. The van der Waals surface area contributed by atoms with Gasteiger partial charge in [0.15, 0.2) is 0 Å². The number of nitrogens with zero attached hydrogens (tertiary/aromatic N) is 1. The molecule has 0 unspecified atom stereocenters. The fraction of sp³-hybridized carbons (Fsp3) is 0.133. The summed E-state index contributed by atoms with van der Waals surface area (Å²) in [5, 5.41) is 10.1. The lowest BCUT2D eigenvalue weighted by Crippen LogP contribution is -2.06. The molecule has 3 rings (SSSR count).